The molecule has 2 unspecified atom stereocenters. The second-order valence-corrected chi connectivity index (χ2v) is 6.39. The van der Waals surface area contributed by atoms with Crippen molar-refractivity contribution >= 4 is 11.5 Å². The quantitative estimate of drug-likeness (QED) is 0.913. The number of nitrogens with zero attached hydrogens (tertiary/aromatic N) is 2. The molecule has 0 bridgehead atoms. The molecule has 1 aliphatic heterocycles. The average Bonchev–Trinajstić information content (AvgIpc) is 2.84. The third kappa shape index (κ3) is 2.08. The third-order valence-electron chi connectivity index (χ3n) is 4.53. The lowest BCUT2D eigenvalue weighted by Gasteiger charge is -2.48. The van der Waals surface area contributed by atoms with Crippen molar-refractivity contribution in [1.82, 2.24) is 9.59 Å². The molecular formula is C13H21N3OS. The summed E-state index contributed by atoms with van der Waals surface area (Å²) in [6.45, 7) is 2.98. The minimum absolute atomic E-state index is 0.0984. The maximum absolute atomic E-state index is 6.47. The summed E-state index contributed by atoms with van der Waals surface area (Å²) in [5, 5.41) is 4.18. The Labute approximate surface area is 112 Å². The molecule has 2 heterocycles. The van der Waals surface area contributed by atoms with Crippen LogP contribution >= 0.6 is 11.5 Å². The highest BCUT2D eigenvalue weighted by Crippen LogP contribution is 2.47. The average molecular weight is 267 g/mol. The number of ether oxygens (including phenoxy) is 1. The van der Waals surface area contributed by atoms with Crippen molar-refractivity contribution in [3.63, 3.8) is 0 Å². The first-order valence-corrected chi connectivity index (χ1v) is 7.72. The summed E-state index contributed by atoms with van der Waals surface area (Å²) in [4.78, 5) is 1.19. The lowest BCUT2D eigenvalue weighted by molar-refractivity contribution is -0.146. The SMILES string of the molecule is CCc1nnsc1C(N)C1CCOC2(CCC2)C1. The van der Waals surface area contributed by atoms with E-state index in [0.29, 0.717) is 5.92 Å². The second kappa shape index (κ2) is 4.87. The minimum atomic E-state index is 0.0984. The van der Waals surface area contributed by atoms with Crippen LogP contribution in [-0.2, 0) is 11.2 Å². The lowest BCUT2D eigenvalue weighted by atomic mass is 9.70. The fraction of sp³-hybridized carbons (Fsp3) is 0.846. The summed E-state index contributed by atoms with van der Waals surface area (Å²) in [5.74, 6) is 0.534. The Bertz CT molecular complexity index is 416. The molecule has 0 aromatic carbocycles. The number of rotatable bonds is 3. The zero-order valence-electron chi connectivity index (χ0n) is 10.9. The van der Waals surface area contributed by atoms with E-state index in [4.69, 9.17) is 10.5 Å². The molecule has 1 aromatic rings. The normalized spacial score (nSPS) is 28.0. The Morgan fingerprint density at radius 3 is 3.06 bits per heavy atom. The van der Waals surface area contributed by atoms with Crippen LogP contribution in [0.1, 0.15) is 55.6 Å². The molecule has 0 radical (unpaired) electrons. The van der Waals surface area contributed by atoms with Gasteiger partial charge in [0.2, 0.25) is 0 Å². The van der Waals surface area contributed by atoms with Gasteiger partial charge in [-0.15, -0.1) is 5.10 Å². The highest BCUT2D eigenvalue weighted by atomic mass is 32.1. The molecule has 1 saturated heterocycles. The van der Waals surface area contributed by atoms with Crippen LogP contribution in [0.3, 0.4) is 0 Å². The molecule has 3 rings (SSSR count). The Morgan fingerprint density at radius 2 is 2.39 bits per heavy atom. The van der Waals surface area contributed by atoms with Gasteiger partial charge in [0.25, 0.3) is 0 Å². The molecule has 2 N–H and O–H groups in total. The molecule has 1 aliphatic carbocycles. The first-order chi connectivity index (χ1) is 8.74. The molecule has 2 aliphatic rings. The van der Waals surface area contributed by atoms with Crippen molar-refractivity contribution in [3.05, 3.63) is 10.6 Å². The fourth-order valence-corrected chi connectivity index (χ4v) is 4.05. The topological polar surface area (TPSA) is 61.0 Å². The van der Waals surface area contributed by atoms with Gasteiger partial charge in [0.15, 0.2) is 0 Å². The van der Waals surface area contributed by atoms with Gasteiger partial charge in [-0.1, -0.05) is 11.4 Å². The van der Waals surface area contributed by atoms with Gasteiger partial charge in [0.1, 0.15) is 0 Å². The van der Waals surface area contributed by atoms with Crippen molar-refractivity contribution in [3.8, 4) is 0 Å². The van der Waals surface area contributed by atoms with Gasteiger partial charge in [0, 0.05) is 12.6 Å². The highest BCUT2D eigenvalue weighted by molar-refractivity contribution is 7.05. The largest absolute Gasteiger partial charge is 0.375 e. The summed E-state index contributed by atoms with van der Waals surface area (Å²) in [6, 6.07) is 0.0984. The lowest BCUT2D eigenvalue weighted by Crippen LogP contribution is -2.47. The maximum atomic E-state index is 6.47. The monoisotopic (exact) mass is 267 g/mol. The van der Waals surface area contributed by atoms with E-state index in [1.54, 1.807) is 0 Å². The van der Waals surface area contributed by atoms with E-state index in [1.165, 1.54) is 35.7 Å². The van der Waals surface area contributed by atoms with E-state index >= 15 is 0 Å². The summed E-state index contributed by atoms with van der Waals surface area (Å²) >= 11 is 1.47. The van der Waals surface area contributed by atoms with Gasteiger partial charge >= 0.3 is 0 Å². The van der Waals surface area contributed by atoms with Crippen molar-refractivity contribution < 1.29 is 4.74 Å². The van der Waals surface area contributed by atoms with Crippen molar-refractivity contribution in [2.45, 2.75) is 57.1 Å². The first kappa shape index (κ1) is 12.5. The smallest absolute Gasteiger partial charge is 0.0801 e. The van der Waals surface area contributed by atoms with Crippen LogP contribution in [0.25, 0.3) is 0 Å². The van der Waals surface area contributed by atoms with Gasteiger partial charge < -0.3 is 10.5 Å². The van der Waals surface area contributed by atoms with E-state index < -0.39 is 0 Å². The molecular weight excluding hydrogens is 246 g/mol. The number of hydrogen-bond acceptors (Lipinski definition) is 5. The summed E-state index contributed by atoms with van der Waals surface area (Å²) < 4.78 is 10.0. The third-order valence-corrected chi connectivity index (χ3v) is 5.39. The van der Waals surface area contributed by atoms with Crippen LogP contribution in [0.5, 0.6) is 0 Å². The van der Waals surface area contributed by atoms with E-state index in [2.05, 4.69) is 16.5 Å². The summed E-state index contributed by atoms with van der Waals surface area (Å²) in [7, 11) is 0. The number of aromatic nitrogens is 2. The maximum Gasteiger partial charge on any atom is 0.0801 e. The van der Waals surface area contributed by atoms with Crippen molar-refractivity contribution in [2.24, 2.45) is 11.7 Å². The van der Waals surface area contributed by atoms with E-state index in [-0.39, 0.29) is 11.6 Å². The molecule has 100 valence electrons. The van der Waals surface area contributed by atoms with Crippen molar-refractivity contribution in [2.75, 3.05) is 6.61 Å². The van der Waals surface area contributed by atoms with E-state index in [9.17, 15) is 0 Å². The molecule has 4 nitrogen and oxygen atoms in total. The zero-order chi connectivity index (χ0) is 12.6. The first-order valence-electron chi connectivity index (χ1n) is 6.95. The molecule has 1 aromatic heterocycles. The number of nitrogens with two attached hydrogens (primary N) is 1. The summed E-state index contributed by atoms with van der Waals surface area (Å²) in [5.41, 5.74) is 7.72. The Balaban J connectivity index is 1.73. The molecule has 2 atom stereocenters. The van der Waals surface area contributed by atoms with Gasteiger partial charge in [-0.3, -0.25) is 0 Å². The molecule has 2 fully saturated rings. The van der Waals surface area contributed by atoms with Crippen LogP contribution in [0.4, 0.5) is 0 Å². The minimum Gasteiger partial charge on any atom is -0.375 e. The fourth-order valence-electron chi connectivity index (χ4n) is 3.22. The standard InChI is InChI=1S/C13H21N3OS/c1-2-10-12(18-16-15-10)11(14)9-4-7-17-13(8-9)5-3-6-13/h9,11H,2-8,14H2,1H3. The number of aryl methyl sites for hydroxylation is 1. The molecule has 1 spiro atoms. The molecule has 0 amide bonds. The summed E-state index contributed by atoms with van der Waals surface area (Å²) in [6.07, 6.45) is 6.87. The van der Waals surface area contributed by atoms with Crippen LogP contribution < -0.4 is 5.73 Å². The molecule has 5 heteroatoms. The van der Waals surface area contributed by atoms with E-state index in [1.807, 2.05) is 0 Å². The zero-order valence-corrected chi connectivity index (χ0v) is 11.7. The molecule has 1 saturated carbocycles. The van der Waals surface area contributed by atoms with Crippen LogP contribution in [0.2, 0.25) is 0 Å². The number of hydrogen-bond donors (Lipinski definition) is 1. The van der Waals surface area contributed by atoms with Crippen LogP contribution in [0.15, 0.2) is 0 Å². The van der Waals surface area contributed by atoms with E-state index in [0.717, 1.165) is 31.6 Å². The Hall–Kier alpha value is -0.520. The van der Waals surface area contributed by atoms with Gasteiger partial charge in [-0.25, -0.2) is 0 Å². The Kier molecular flexibility index (Phi) is 3.38. The predicted octanol–water partition coefficient (Wildman–Crippen LogP) is 2.45. The van der Waals surface area contributed by atoms with Crippen LogP contribution in [-0.4, -0.2) is 21.8 Å². The molecule has 18 heavy (non-hydrogen) atoms. The van der Waals surface area contributed by atoms with Gasteiger partial charge in [0.05, 0.1) is 16.2 Å². The van der Waals surface area contributed by atoms with Gasteiger partial charge in [-0.2, -0.15) is 0 Å². The Morgan fingerprint density at radius 1 is 1.56 bits per heavy atom. The van der Waals surface area contributed by atoms with Gasteiger partial charge in [-0.05, 0) is 56.0 Å². The second-order valence-electron chi connectivity index (χ2n) is 5.60. The predicted molar refractivity (Wildman–Crippen MR) is 71.5 cm³/mol. The van der Waals surface area contributed by atoms with Crippen molar-refractivity contribution in [1.29, 1.82) is 0 Å². The van der Waals surface area contributed by atoms with Crippen LogP contribution in [0, 0.1) is 5.92 Å². The highest BCUT2D eigenvalue weighted by Gasteiger charge is 2.44.